The van der Waals surface area contributed by atoms with Gasteiger partial charge in [0.2, 0.25) is 0 Å². The maximum atomic E-state index is 12.3. The van der Waals surface area contributed by atoms with Gasteiger partial charge in [-0.25, -0.2) is 4.98 Å². The molecule has 1 atom stereocenters. The lowest BCUT2D eigenvalue weighted by molar-refractivity contribution is -0.141. The molecule has 0 saturated carbocycles. The molecule has 1 aromatic heterocycles. The highest BCUT2D eigenvalue weighted by molar-refractivity contribution is 7.99. The molecule has 2 heterocycles. The van der Waals surface area contributed by atoms with Crippen LogP contribution in [0.3, 0.4) is 0 Å². The SMILES string of the molecule is CC(Cc1nc2ccccc2s1)NC(=O)C1(O)CCSCC1. The predicted octanol–water partition coefficient (Wildman–Crippen LogP) is 2.60. The molecule has 1 aliphatic rings. The lowest BCUT2D eigenvalue weighted by Gasteiger charge is -2.31. The molecule has 6 heteroatoms. The van der Waals surface area contributed by atoms with Gasteiger partial charge in [0.15, 0.2) is 0 Å². The number of hydrogen-bond donors (Lipinski definition) is 2. The number of aromatic nitrogens is 1. The van der Waals surface area contributed by atoms with Crippen molar-refractivity contribution < 1.29 is 9.90 Å². The van der Waals surface area contributed by atoms with Crippen LogP contribution in [-0.2, 0) is 11.2 Å². The van der Waals surface area contributed by atoms with E-state index in [0.717, 1.165) is 22.0 Å². The zero-order chi connectivity index (χ0) is 15.6. The van der Waals surface area contributed by atoms with Crippen LogP contribution in [0.4, 0.5) is 0 Å². The summed E-state index contributed by atoms with van der Waals surface area (Å²) in [6, 6.07) is 8.01. The van der Waals surface area contributed by atoms with Crippen LogP contribution in [0.5, 0.6) is 0 Å². The molecule has 0 bridgehead atoms. The van der Waals surface area contributed by atoms with E-state index in [-0.39, 0.29) is 11.9 Å². The number of carbonyl (C=O) groups is 1. The first-order chi connectivity index (χ1) is 10.6. The second-order valence-electron chi connectivity index (χ2n) is 5.80. The summed E-state index contributed by atoms with van der Waals surface area (Å²) in [6.45, 7) is 1.96. The molecule has 0 aliphatic carbocycles. The average molecular weight is 336 g/mol. The highest BCUT2D eigenvalue weighted by Crippen LogP contribution is 2.27. The minimum absolute atomic E-state index is 0.0355. The molecule has 1 amide bonds. The fourth-order valence-electron chi connectivity index (χ4n) is 2.61. The van der Waals surface area contributed by atoms with E-state index in [9.17, 15) is 9.90 Å². The standard InChI is InChI=1S/C16H20N2O2S2/c1-11(17-15(19)16(20)6-8-21-9-7-16)10-14-18-12-4-2-3-5-13(12)22-14/h2-5,11,20H,6-10H2,1H3,(H,17,19). The van der Waals surface area contributed by atoms with E-state index >= 15 is 0 Å². The van der Waals surface area contributed by atoms with Crippen molar-refractivity contribution in [3.05, 3.63) is 29.3 Å². The summed E-state index contributed by atoms with van der Waals surface area (Å²) in [5.41, 5.74) is -0.184. The van der Waals surface area contributed by atoms with Gasteiger partial charge in [-0.1, -0.05) is 12.1 Å². The Morgan fingerprint density at radius 3 is 2.86 bits per heavy atom. The van der Waals surface area contributed by atoms with E-state index in [0.29, 0.717) is 19.3 Å². The molecule has 4 nitrogen and oxygen atoms in total. The van der Waals surface area contributed by atoms with Crippen LogP contribution >= 0.6 is 23.1 Å². The van der Waals surface area contributed by atoms with Crippen LogP contribution in [0.25, 0.3) is 10.2 Å². The Morgan fingerprint density at radius 2 is 2.14 bits per heavy atom. The fraction of sp³-hybridized carbons (Fsp3) is 0.500. The fourth-order valence-corrected chi connectivity index (χ4v) is 4.88. The van der Waals surface area contributed by atoms with Crippen molar-refractivity contribution in [2.24, 2.45) is 0 Å². The van der Waals surface area contributed by atoms with Crippen molar-refractivity contribution in [1.29, 1.82) is 0 Å². The zero-order valence-electron chi connectivity index (χ0n) is 12.5. The lowest BCUT2D eigenvalue weighted by atomic mass is 9.95. The van der Waals surface area contributed by atoms with Crippen LogP contribution in [0.15, 0.2) is 24.3 Å². The summed E-state index contributed by atoms with van der Waals surface area (Å²) in [5, 5.41) is 14.4. The van der Waals surface area contributed by atoms with Gasteiger partial charge >= 0.3 is 0 Å². The number of amides is 1. The number of nitrogens with one attached hydrogen (secondary N) is 1. The molecule has 22 heavy (non-hydrogen) atoms. The number of fused-ring (bicyclic) bond motifs is 1. The highest BCUT2D eigenvalue weighted by atomic mass is 32.2. The largest absolute Gasteiger partial charge is 0.380 e. The Labute approximate surface area is 138 Å². The van der Waals surface area contributed by atoms with E-state index in [1.165, 1.54) is 4.70 Å². The average Bonchev–Trinajstić information content (AvgIpc) is 2.89. The molecule has 1 saturated heterocycles. The van der Waals surface area contributed by atoms with Crippen LogP contribution < -0.4 is 5.32 Å². The number of benzene rings is 1. The maximum Gasteiger partial charge on any atom is 0.252 e. The van der Waals surface area contributed by atoms with Gasteiger partial charge < -0.3 is 10.4 Å². The third kappa shape index (κ3) is 3.45. The van der Waals surface area contributed by atoms with Gasteiger partial charge in [-0.15, -0.1) is 11.3 Å². The molecule has 3 rings (SSSR count). The number of rotatable bonds is 4. The van der Waals surface area contributed by atoms with Gasteiger partial charge in [-0.2, -0.15) is 11.8 Å². The van der Waals surface area contributed by atoms with Crippen molar-refractivity contribution in [2.45, 2.75) is 37.8 Å². The molecule has 2 aromatic rings. The van der Waals surface area contributed by atoms with Gasteiger partial charge in [-0.3, -0.25) is 4.79 Å². The molecule has 0 radical (unpaired) electrons. The minimum atomic E-state index is -1.19. The Hall–Kier alpha value is -1.11. The third-order valence-corrected chi connectivity index (χ3v) is 5.98. The van der Waals surface area contributed by atoms with Gasteiger partial charge in [0.05, 0.1) is 15.2 Å². The van der Waals surface area contributed by atoms with E-state index in [1.807, 2.05) is 25.1 Å². The lowest BCUT2D eigenvalue weighted by Crippen LogP contribution is -2.51. The van der Waals surface area contributed by atoms with E-state index in [2.05, 4.69) is 16.4 Å². The van der Waals surface area contributed by atoms with Gasteiger partial charge in [0, 0.05) is 12.5 Å². The van der Waals surface area contributed by atoms with Crippen molar-refractivity contribution >= 4 is 39.2 Å². The summed E-state index contributed by atoms with van der Waals surface area (Å²) in [7, 11) is 0. The van der Waals surface area contributed by atoms with Crippen LogP contribution in [0.1, 0.15) is 24.8 Å². The summed E-state index contributed by atoms with van der Waals surface area (Å²) in [6.07, 6.45) is 1.77. The number of nitrogens with zero attached hydrogens (tertiary/aromatic N) is 1. The summed E-state index contributed by atoms with van der Waals surface area (Å²) in [4.78, 5) is 16.9. The van der Waals surface area contributed by atoms with Crippen LogP contribution in [0, 0.1) is 0 Å². The summed E-state index contributed by atoms with van der Waals surface area (Å²) >= 11 is 3.45. The molecule has 1 aromatic carbocycles. The van der Waals surface area contributed by atoms with Gasteiger partial charge in [0.1, 0.15) is 5.60 Å². The maximum absolute atomic E-state index is 12.3. The Bertz CT molecular complexity index is 632. The predicted molar refractivity (Wildman–Crippen MR) is 92.4 cm³/mol. The first kappa shape index (κ1) is 15.8. The molecule has 118 valence electrons. The Kier molecular flexibility index (Phi) is 4.70. The minimum Gasteiger partial charge on any atom is -0.380 e. The Morgan fingerprint density at radius 1 is 1.41 bits per heavy atom. The molecule has 0 spiro atoms. The Balaban J connectivity index is 1.62. The number of thiazole rings is 1. The first-order valence-electron chi connectivity index (χ1n) is 7.52. The summed E-state index contributed by atoms with van der Waals surface area (Å²) in [5.74, 6) is 1.45. The molecular formula is C16H20N2O2S2. The molecule has 1 aliphatic heterocycles. The number of thioether (sulfide) groups is 1. The summed E-state index contributed by atoms with van der Waals surface area (Å²) < 4.78 is 1.17. The number of aliphatic hydroxyl groups is 1. The first-order valence-corrected chi connectivity index (χ1v) is 9.49. The molecule has 2 N–H and O–H groups in total. The number of carbonyl (C=O) groups excluding carboxylic acids is 1. The third-order valence-electron chi connectivity index (χ3n) is 3.94. The zero-order valence-corrected chi connectivity index (χ0v) is 14.2. The molecule has 1 fully saturated rings. The topological polar surface area (TPSA) is 62.2 Å². The molecular weight excluding hydrogens is 316 g/mol. The smallest absolute Gasteiger partial charge is 0.252 e. The van der Waals surface area contributed by atoms with Crippen molar-refractivity contribution in [3.8, 4) is 0 Å². The highest BCUT2D eigenvalue weighted by Gasteiger charge is 2.37. The van der Waals surface area contributed by atoms with Crippen LogP contribution in [0.2, 0.25) is 0 Å². The van der Waals surface area contributed by atoms with Gasteiger partial charge in [-0.05, 0) is 43.4 Å². The quantitative estimate of drug-likeness (QED) is 0.901. The second kappa shape index (κ2) is 6.56. The second-order valence-corrected chi connectivity index (χ2v) is 8.14. The monoisotopic (exact) mass is 336 g/mol. The van der Waals surface area contributed by atoms with Gasteiger partial charge in [0.25, 0.3) is 5.91 Å². The number of para-hydroxylation sites is 1. The van der Waals surface area contributed by atoms with Crippen molar-refractivity contribution in [2.75, 3.05) is 11.5 Å². The van der Waals surface area contributed by atoms with E-state index in [4.69, 9.17) is 0 Å². The van der Waals surface area contributed by atoms with E-state index < -0.39 is 5.60 Å². The van der Waals surface area contributed by atoms with Crippen LogP contribution in [-0.4, -0.2) is 39.1 Å². The van der Waals surface area contributed by atoms with Crippen molar-refractivity contribution in [3.63, 3.8) is 0 Å². The van der Waals surface area contributed by atoms with Crippen molar-refractivity contribution in [1.82, 2.24) is 10.3 Å². The normalized spacial score (nSPS) is 19.0. The number of hydrogen-bond acceptors (Lipinski definition) is 5. The van der Waals surface area contributed by atoms with E-state index in [1.54, 1.807) is 23.1 Å². The molecule has 1 unspecified atom stereocenters.